The van der Waals surface area contributed by atoms with Gasteiger partial charge < -0.3 is 19.5 Å². The molecule has 0 radical (unpaired) electrons. The summed E-state index contributed by atoms with van der Waals surface area (Å²) in [6.45, 7) is 5.70. The zero-order valence-electron chi connectivity index (χ0n) is 14.4. The van der Waals surface area contributed by atoms with Crippen molar-refractivity contribution in [1.82, 2.24) is 4.90 Å². The molecule has 0 saturated carbocycles. The lowest BCUT2D eigenvalue weighted by Gasteiger charge is -2.44. The van der Waals surface area contributed by atoms with E-state index in [0.29, 0.717) is 24.8 Å². The van der Waals surface area contributed by atoms with Crippen LogP contribution in [-0.2, 0) is 19.1 Å². The molecule has 1 aliphatic heterocycles. The summed E-state index contributed by atoms with van der Waals surface area (Å²) in [5.41, 5.74) is -1.06. The summed E-state index contributed by atoms with van der Waals surface area (Å²) in [6.07, 6.45) is 1.94. The second kappa shape index (κ2) is 6.30. The van der Waals surface area contributed by atoms with Crippen LogP contribution in [0.3, 0.4) is 0 Å². The molecule has 2 rings (SSSR count). The molecule has 1 saturated heterocycles. The van der Waals surface area contributed by atoms with Crippen LogP contribution < -0.4 is 0 Å². The summed E-state index contributed by atoms with van der Waals surface area (Å²) in [6, 6.07) is 0. The van der Waals surface area contributed by atoms with Crippen LogP contribution in [0.2, 0.25) is 0 Å². The zero-order valence-corrected chi connectivity index (χ0v) is 14.4. The van der Waals surface area contributed by atoms with Crippen molar-refractivity contribution in [2.24, 2.45) is 5.41 Å². The lowest BCUT2D eigenvalue weighted by Crippen LogP contribution is -2.54. The van der Waals surface area contributed by atoms with Crippen LogP contribution in [0.1, 0.15) is 33.6 Å². The van der Waals surface area contributed by atoms with E-state index in [9.17, 15) is 19.5 Å². The van der Waals surface area contributed by atoms with E-state index in [1.807, 2.05) is 0 Å². The number of methoxy groups -OCH3 is 1. The SMILES string of the molecule is COC(=O)[C@]12C/C(=C/O)C(=O)C=C1CCN(C(=O)OC(C)(C)C)C2. The molecule has 0 aromatic rings. The van der Waals surface area contributed by atoms with Crippen LogP contribution in [0.4, 0.5) is 4.79 Å². The predicted octanol–water partition coefficient (Wildman–Crippen LogP) is 2.13. The van der Waals surface area contributed by atoms with E-state index < -0.39 is 23.1 Å². The van der Waals surface area contributed by atoms with Crippen molar-refractivity contribution >= 4 is 17.8 Å². The Labute approximate surface area is 140 Å². The topological polar surface area (TPSA) is 93.1 Å². The number of carbonyl (C=O) groups is 3. The number of amides is 1. The van der Waals surface area contributed by atoms with Gasteiger partial charge in [-0.05, 0) is 38.8 Å². The molecule has 0 bridgehead atoms. The van der Waals surface area contributed by atoms with Crippen LogP contribution in [0.15, 0.2) is 23.5 Å². The largest absolute Gasteiger partial charge is 0.515 e. The van der Waals surface area contributed by atoms with Crippen LogP contribution in [0.25, 0.3) is 0 Å². The van der Waals surface area contributed by atoms with E-state index in [4.69, 9.17) is 9.47 Å². The number of aliphatic hydroxyl groups excluding tert-OH is 1. The van der Waals surface area contributed by atoms with Gasteiger partial charge >= 0.3 is 12.1 Å². The first-order chi connectivity index (χ1) is 11.1. The van der Waals surface area contributed by atoms with E-state index in [0.717, 1.165) is 0 Å². The standard InChI is InChI=1S/C17H23NO6/c1-16(2,3)24-15(22)18-6-5-12-7-13(20)11(9-19)8-17(12,10-18)14(21)23-4/h7,9,19H,5-6,8,10H2,1-4H3/b11-9-/t17-/m0/s1. The number of esters is 1. The maximum Gasteiger partial charge on any atom is 0.410 e. The van der Waals surface area contributed by atoms with E-state index in [1.165, 1.54) is 18.1 Å². The molecule has 1 N–H and O–H groups in total. The Morgan fingerprint density at radius 2 is 2.04 bits per heavy atom. The first-order valence-corrected chi connectivity index (χ1v) is 7.78. The molecule has 24 heavy (non-hydrogen) atoms. The van der Waals surface area contributed by atoms with Crippen molar-refractivity contribution in [3.05, 3.63) is 23.5 Å². The number of likely N-dealkylation sites (tertiary alicyclic amines) is 1. The normalized spacial score (nSPS) is 25.8. The van der Waals surface area contributed by atoms with Crippen LogP contribution in [0, 0.1) is 5.41 Å². The first kappa shape index (κ1) is 18.0. The summed E-state index contributed by atoms with van der Waals surface area (Å²) in [7, 11) is 1.26. The van der Waals surface area contributed by atoms with Crippen molar-refractivity contribution in [2.45, 2.75) is 39.2 Å². The molecule has 0 unspecified atom stereocenters. The minimum atomic E-state index is -1.16. The van der Waals surface area contributed by atoms with E-state index >= 15 is 0 Å². The quantitative estimate of drug-likeness (QED) is 0.447. The molecule has 1 aliphatic carbocycles. The summed E-state index contributed by atoms with van der Waals surface area (Å²) < 4.78 is 10.3. The Morgan fingerprint density at radius 3 is 2.58 bits per heavy atom. The number of carbonyl (C=O) groups excluding carboxylic acids is 3. The third-order valence-corrected chi connectivity index (χ3v) is 4.22. The highest BCUT2D eigenvalue weighted by molar-refractivity contribution is 6.07. The lowest BCUT2D eigenvalue weighted by atomic mass is 9.67. The number of aliphatic hydroxyl groups is 1. The number of rotatable bonds is 1. The minimum absolute atomic E-state index is 0.000137. The molecule has 1 amide bonds. The second-order valence-electron chi connectivity index (χ2n) is 7.09. The highest BCUT2D eigenvalue weighted by atomic mass is 16.6. The Hall–Kier alpha value is -2.31. The Balaban J connectivity index is 2.36. The molecule has 0 aromatic carbocycles. The molecule has 2 aliphatic rings. The average Bonchev–Trinajstić information content (AvgIpc) is 2.51. The summed E-state index contributed by atoms with van der Waals surface area (Å²) in [5.74, 6) is -0.855. The van der Waals surface area contributed by atoms with Crippen molar-refractivity contribution < 1.29 is 29.0 Å². The van der Waals surface area contributed by atoms with Gasteiger partial charge in [-0.1, -0.05) is 0 Å². The van der Waals surface area contributed by atoms with Gasteiger partial charge in [0.05, 0.1) is 13.4 Å². The number of allylic oxidation sites excluding steroid dienone is 2. The third kappa shape index (κ3) is 3.29. The zero-order chi connectivity index (χ0) is 18.1. The van der Waals surface area contributed by atoms with Gasteiger partial charge in [0.15, 0.2) is 5.78 Å². The number of ether oxygens (including phenoxy) is 2. The van der Waals surface area contributed by atoms with E-state index in [2.05, 4.69) is 0 Å². The van der Waals surface area contributed by atoms with Gasteiger partial charge in [0.25, 0.3) is 0 Å². The predicted molar refractivity (Wildman–Crippen MR) is 85.3 cm³/mol. The number of fused-ring (bicyclic) bond motifs is 1. The van der Waals surface area contributed by atoms with Crippen molar-refractivity contribution in [3.63, 3.8) is 0 Å². The molecule has 7 heteroatoms. The summed E-state index contributed by atoms with van der Waals surface area (Å²) in [5, 5.41) is 9.28. The van der Waals surface area contributed by atoms with Crippen LogP contribution >= 0.6 is 0 Å². The fourth-order valence-electron chi connectivity index (χ4n) is 3.10. The number of nitrogens with zero attached hydrogens (tertiary/aromatic N) is 1. The highest BCUT2D eigenvalue weighted by Crippen LogP contribution is 2.45. The maximum absolute atomic E-state index is 12.5. The number of hydrogen-bond acceptors (Lipinski definition) is 6. The van der Waals surface area contributed by atoms with Gasteiger partial charge in [-0.15, -0.1) is 0 Å². The molecule has 0 aromatic heterocycles. The lowest BCUT2D eigenvalue weighted by molar-refractivity contribution is -0.152. The number of hydrogen-bond donors (Lipinski definition) is 1. The minimum Gasteiger partial charge on any atom is -0.515 e. The Kier molecular flexibility index (Phi) is 4.73. The molecule has 7 nitrogen and oxygen atoms in total. The molecule has 132 valence electrons. The highest BCUT2D eigenvalue weighted by Gasteiger charge is 2.51. The number of ketones is 1. The third-order valence-electron chi connectivity index (χ3n) is 4.22. The Morgan fingerprint density at radius 1 is 1.38 bits per heavy atom. The van der Waals surface area contributed by atoms with Crippen molar-refractivity contribution in [3.8, 4) is 0 Å². The van der Waals surface area contributed by atoms with Crippen LogP contribution in [-0.4, -0.2) is 53.7 Å². The van der Waals surface area contributed by atoms with Crippen LogP contribution in [0.5, 0.6) is 0 Å². The van der Waals surface area contributed by atoms with Crippen molar-refractivity contribution in [1.29, 1.82) is 0 Å². The van der Waals surface area contributed by atoms with Gasteiger partial charge in [0.1, 0.15) is 11.0 Å². The summed E-state index contributed by atoms with van der Waals surface area (Å²) >= 11 is 0. The van der Waals surface area contributed by atoms with E-state index in [-0.39, 0.29) is 24.3 Å². The molecule has 1 heterocycles. The second-order valence-corrected chi connectivity index (χ2v) is 7.09. The van der Waals surface area contributed by atoms with E-state index in [1.54, 1.807) is 20.8 Å². The van der Waals surface area contributed by atoms with Gasteiger partial charge in [0, 0.05) is 25.1 Å². The average molecular weight is 337 g/mol. The smallest absolute Gasteiger partial charge is 0.410 e. The van der Waals surface area contributed by atoms with Gasteiger partial charge in [-0.25, -0.2) is 4.79 Å². The monoisotopic (exact) mass is 337 g/mol. The fourth-order valence-corrected chi connectivity index (χ4v) is 3.10. The number of piperidine rings is 1. The molecule has 0 spiro atoms. The molecule has 1 atom stereocenters. The molecular weight excluding hydrogens is 314 g/mol. The van der Waals surface area contributed by atoms with Gasteiger partial charge in [0.2, 0.25) is 0 Å². The van der Waals surface area contributed by atoms with Gasteiger partial charge in [-0.2, -0.15) is 0 Å². The Bertz CT molecular complexity index is 627. The summed E-state index contributed by atoms with van der Waals surface area (Å²) in [4.78, 5) is 38.3. The van der Waals surface area contributed by atoms with Crippen molar-refractivity contribution in [2.75, 3.05) is 20.2 Å². The molecule has 1 fully saturated rings. The van der Waals surface area contributed by atoms with Gasteiger partial charge in [-0.3, -0.25) is 9.59 Å². The fraction of sp³-hybridized carbons (Fsp3) is 0.588. The molecular formula is C17H23NO6. The maximum atomic E-state index is 12.5. The first-order valence-electron chi connectivity index (χ1n) is 7.78.